The standard InChI is InChI=1S/C20H19ClFN5O4S2.C8H8N4O2S2/c21-18-13-5-8-27(15(13)3-2-14(18)22)16(6-9-28)19(29)25-17-4-1-12(11-24-17)33(30,31)26-20-23-7-10-32-20;9-7-2-1-6(5-11-7)16(13,14)12-8-10-3-4-15-8/h1-4,7,10-11,16,28H,5-6,8-9H2,(H,23,26)(H,24,25,29);1-5H,(H2,9,11)(H,10,12)/t16-;/m0./s1. The zero-order chi connectivity index (χ0) is 35.2. The fourth-order valence-electron chi connectivity index (χ4n) is 4.59. The third kappa shape index (κ3) is 8.77. The Balaban J connectivity index is 0.000000244. The van der Waals surface area contributed by atoms with E-state index in [1.807, 2.05) is 0 Å². The largest absolute Gasteiger partial charge is 0.396 e. The molecule has 0 fully saturated rings. The number of aliphatic hydroxyl groups excluding tert-OH is 1. The number of thiazole rings is 2. The first-order valence-electron chi connectivity index (χ1n) is 14.1. The molecule has 0 radical (unpaired) electrons. The van der Waals surface area contributed by atoms with Crippen molar-refractivity contribution < 1.29 is 31.1 Å². The lowest BCUT2D eigenvalue weighted by Gasteiger charge is -2.29. The van der Waals surface area contributed by atoms with Crippen molar-refractivity contribution in [1.29, 1.82) is 0 Å². The van der Waals surface area contributed by atoms with Crippen LogP contribution in [-0.4, -0.2) is 67.0 Å². The number of anilines is 5. The third-order valence-corrected chi connectivity index (χ3v) is 11.5. The van der Waals surface area contributed by atoms with Crippen LogP contribution in [0.25, 0.3) is 0 Å². The lowest BCUT2D eigenvalue weighted by molar-refractivity contribution is -0.117. The highest BCUT2D eigenvalue weighted by Crippen LogP contribution is 2.37. The van der Waals surface area contributed by atoms with Crippen LogP contribution in [0.2, 0.25) is 5.02 Å². The van der Waals surface area contributed by atoms with Crippen molar-refractivity contribution in [2.45, 2.75) is 28.7 Å². The number of rotatable bonds is 11. The monoisotopic (exact) mass is 767 g/mol. The zero-order valence-corrected chi connectivity index (χ0v) is 29.0. The molecule has 1 atom stereocenters. The van der Waals surface area contributed by atoms with Gasteiger partial charge in [-0.25, -0.2) is 41.2 Å². The van der Waals surface area contributed by atoms with Crippen LogP contribution < -0.4 is 25.4 Å². The molecule has 5 aromatic rings. The van der Waals surface area contributed by atoms with Gasteiger partial charge in [0.1, 0.15) is 33.3 Å². The second-order valence-corrected chi connectivity index (χ2v) is 15.5. The molecular formula is C28H27ClFN9O6S4. The van der Waals surface area contributed by atoms with E-state index in [9.17, 15) is 31.1 Å². The quantitative estimate of drug-likeness (QED) is 0.130. The molecule has 15 nitrogen and oxygen atoms in total. The summed E-state index contributed by atoms with van der Waals surface area (Å²) in [6.45, 7) is 0.190. The molecule has 49 heavy (non-hydrogen) atoms. The van der Waals surface area contributed by atoms with Gasteiger partial charge in [-0.05, 0) is 54.8 Å². The van der Waals surface area contributed by atoms with Crippen LogP contribution >= 0.6 is 34.3 Å². The Hall–Kier alpha value is -4.47. The fraction of sp³-hybridized carbons (Fsp3) is 0.179. The number of nitrogens with two attached hydrogens (primary N) is 1. The van der Waals surface area contributed by atoms with Crippen LogP contribution in [0.3, 0.4) is 0 Å². The maximum Gasteiger partial charge on any atom is 0.265 e. The van der Waals surface area contributed by atoms with E-state index in [1.54, 1.807) is 21.7 Å². The van der Waals surface area contributed by atoms with Crippen LogP contribution in [0, 0.1) is 5.82 Å². The normalized spacial score (nSPS) is 13.2. The highest BCUT2D eigenvalue weighted by molar-refractivity contribution is 7.93. The predicted octanol–water partition coefficient (Wildman–Crippen LogP) is 3.80. The molecule has 1 aromatic carbocycles. The minimum absolute atomic E-state index is 0.0305. The molecule has 4 aromatic heterocycles. The highest BCUT2D eigenvalue weighted by atomic mass is 35.5. The van der Waals surface area contributed by atoms with Crippen LogP contribution in [0.5, 0.6) is 0 Å². The number of aromatic nitrogens is 4. The molecule has 21 heteroatoms. The number of sulfonamides is 2. The maximum absolute atomic E-state index is 13.8. The van der Waals surface area contributed by atoms with Crippen molar-refractivity contribution in [3.63, 3.8) is 0 Å². The second-order valence-electron chi connectivity index (χ2n) is 10.0. The first kappa shape index (κ1) is 35.8. The van der Waals surface area contributed by atoms with E-state index >= 15 is 0 Å². The van der Waals surface area contributed by atoms with E-state index in [0.717, 1.165) is 17.5 Å². The molecule has 0 spiro atoms. The molecule has 6 N–H and O–H groups in total. The molecule has 6 rings (SSSR count). The fourth-order valence-corrected chi connectivity index (χ4v) is 8.31. The van der Waals surface area contributed by atoms with Crippen molar-refractivity contribution in [3.8, 4) is 0 Å². The van der Waals surface area contributed by atoms with Crippen molar-refractivity contribution in [3.05, 3.63) is 88.3 Å². The topological polar surface area (TPSA) is 222 Å². The summed E-state index contributed by atoms with van der Waals surface area (Å²) < 4.78 is 66.9. The van der Waals surface area contributed by atoms with Gasteiger partial charge in [0.2, 0.25) is 5.91 Å². The first-order valence-corrected chi connectivity index (χ1v) is 19.2. The molecule has 0 aliphatic carbocycles. The zero-order valence-electron chi connectivity index (χ0n) is 25.0. The van der Waals surface area contributed by atoms with Crippen LogP contribution in [-0.2, 0) is 31.3 Å². The molecule has 0 unspecified atom stereocenters. The van der Waals surface area contributed by atoms with Crippen LogP contribution in [0.15, 0.2) is 81.7 Å². The molecule has 1 amide bonds. The minimum atomic E-state index is -3.87. The van der Waals surface area contributed by atoms with Gasteiger partial charge in [-0.2, -0.15) is 0 Å². The van der Waals surface area contributed by atoms with Crippen molar-refractivity contribution >= 4 is 87.8 Å². The molecular weight excluding hydrogens is 741 g/mol. The van der Waals surface area contributed by atoms with E-state index in [1.165, 1.54) is 60.3 Å². The lowest BCUT2D eigenvalue weighted by Crippen LogP contribution is -2.44. The number of fused-ring (bicyclic) bond motifs is 1. The number of benzene rings is 1. The van der Waals surface area contributed by atoms with Crippen molar-refractivity contribution in [2.24, 2.45) is 0 Å². The Morgan fingerprint density at radius 1 is 0.939 bits per heavy atom. The summed E-state index contributed by atoms with van der Waals surface area (Å²) in [4.78, 5) is 30.2. The van der Waals surface area contributed by atoms with Gasteiger partial charge in [-0.3, -0.25) is 14.2 Å². The predicted molar refractivity (Wildman–Crippen MR) is 185 cm³/mol. The number of carbonyl (C=O) groups excluding carboxylic acids is 1. The molecule has 0 saturated carbocycles. The average Bonchev–Trinajstić information content (AvgIpc) is 3.86. The van der Waals surface area contributed by atoms with Gasteiger partial charge < -0.3 is 21.1 Å². The lowest BCUT2D eigenvalue weighted by atomic mass is 10.1. The average molecular weight is 768 g/mol. The maximum atomic E-state index is 13.8. The van der Waals surface area contributed by atoms with Crippen LogP contribution in [0.1, 0.15) is 12.0 Å². The number of hydrogen-bond donors (Lipinski definition) is 5. The van der Waals surface area contributed by atoms with Crippen molar-refractivity contribution in [2.75, 3.05) is 38.5 Å². The van der Waals surface area contributed by atoms with E-state index in [4.69, 9.17) is 17.3 Å². The van der Waals surface area contributed by atoms with E-state index in [0.29, 0.717) is 29.3 Å². The summed E-state index contributed by atoms with van der Waals surface area (Å²) in [6, 6.07) is 7.55. The number of halogens is 2. The van der Waals surface area contributed by atoms with Crippen LogP contribution in [0.4, 0.5) is 32.0 Å². The summed E-state index contributed by atoms with van der Waals surface area (Å²) in [5, 5.41) is 16.0. The van der Waals surface area contributed by atoms with Gasteiger partial charge in [0.05, 0.1) is 5.02 Å². The molecule has 1 aliphatic rings. The smallest absolute Gasteiger partial charge is 0.265 e. The summed E-state index contributed by atoms with van der Waals surface area (Å²) >= 11 is 8.41. The Morgan fingerprint density at radius 3 is 2.06 bits per heavy atom. The number of nitrogen functional groups attached to an aromatic ring is 1. The Bertz CT molecular complexity index is 2110. The second kappa shape index (κ2) is 15.4. The molecule has 0 saturated heterocycles. The molecule has 5 heterocycles. The van der Waals surface area contributed by atoms with E-state index in [-0.39, 0.29) is 44.6 Å². The van der Waals surface area contributed by atoms with Gasteiger partial charge in [-0.15, -0.1) is 22.7 Å². The van der Waals surface area contributed by atoms with E-state index < -0.39 is 37.8 Å². The van der Waals surface area contributed by atoms with Gasteiger partial charge in [0, 0.05) is 54.4 Å². The number of pyridine rings is 2. The molecule has 1 aliphatic heterocycles. The van der Waals surface area contributed by atoms with Crippen molar-refractivity contribution in [1.82, 2.24) is 19.9 Å². The SMILES string of the molecule is Nc1ccc(S(=O)(=O)Nc2nccs2)cn1.O=C(Nc1ccc(S(=O)(=O)Nc2nccs2)cn1)[C@H](CCO)N1CCc2c1ccc(F)c2Cl. The number of aliphatic hydroxyl groups is 1. The Morgan fingerprint density at radius 2 is 1.55 bits per heavy atom. The summed E-state index contributed by atoms with van der Waals surface area (Å²) in [6.07, 6.45) is 5.92. The van der Waals surface area contributed by atoms with Gasteiger partial charge in [0.25, 0.3) is 20.0 Å². The Kier molecular flexibility index (Phi) is 11.3. The molecule has 258 valence electrons. The number of amides is 1. The third-order valence-electron chi connectivity index (χ3n) is 6.84. The number of nitrogens with zero attached hydrogens (tertiary/aromatic N) is 5. The summed E-state index contributed by atoms with van der Waals surface area (Å²) in [5.41, 5.74) is 6.62. The number of hydrogen-bond acceptors (Lipinski definition) is 14. The molecule has 0 bridgehead atoms. The number of carbonyl (C=O) groups is 1. The van der Waals surface area contributed by atoms with E-state index in [2.05, 4.69) is 34.7 Å². The first-order chi connectivity index (χ1) is 23.4. The summed E-state index contributed by atoms with van der Waals surface area (Å²) in [7, 11) is -7.49. The minimum Gasteiger partial charge on any atom is -0.396 e. The van der Waals surface area contributed by atoms with Gasteiger partial charge >= 0.3 is 0 Å². The Labute approximate surface area is 293 Å². The van der Waals surface area contributed by atoms with Gasteiger partial charge in [0.15, 0.2) is 10.3 Å². The highest BCUT2D eigenvalue weighted by Gasteiger charge is 2.33. The summed E-state index contributed by atoms with van der Waals surface area (Å²) in [5.74, 6) is -0.550. The van der Waals surface area contributed by atoms with Gasteiger partial charge in [-0.1, -0.05) is 11.6 Å². The number of nitrogens with one attached hydrogen (secondary N) is 3.